The molecule has 7 heteroatoms. The van der Waals surface area contributed by atoms with Crippen LogP contribution >= 0.6 is 0 Å². The molecule has 4 heterocycles. The maximum atomic E-state index is 14.6. The fourth-order valence-electron chi connectivity index (χ4n) is 5.57. The van der Waals surface area contributed by atoms with E-state index in [9.17, 15) is 4.39 Å². The number of nitrogens with one attached hydrogen (secondary N) is 2. The Bertz CT molecular complexity index is 1770. The van der Waals surface area contributed by atoms with Crippen LogP contribution in [0.4, 0.5) is 4.39 Å². The van der Waals surface area contributed by atoms with Gasteiger partial charge in [0.1, 0.15) is 22.7 Å². The zero-order chi connectivity index (χ0) is 26.8. The molecule has 1 aromatic carbocycles. The second-order valence-electron chi connectivity index (χ2n) is 10.3. The van der Waals surface area contributed by atoms with Crippen LogP contribution in [0.1, 0.15) is 50.2 Å². The molecule has 39 heavy (non-hydrogen) atoms. The number of allylic oxidation sites excluding steroid dienone is 1. The van der Waals surface area contributed by atoms with Gasteiger partial charge in [0.15, 0.2) is 5.82 Å². The number of hydrogen-bond donors (Lipinski definition) is 2. The summed E-state index contributed by atoms with van der Waals surface area (Å²) >= 11 is 0. The van der Waals surface area contributed by atoms with Gasteiger partial charge in [0.05, 0.1) is 10.9 Å². The molecule has 0 unspecified atom stereocenters. The molecule has 196 valence electrons. The van der Waals surface area contributed by atoms with E-state index >= 15 is 0 Å². The first-order chi connectivity index (χ1) is 19.1. The van der Waals surface area contributed by atoms with Crippen LogP contribution in [0.2, 0.25) is 0 Å². The van der Waals surface area contributed by atoms with Gasteiger partial charge in [-0.25, -0.2) is 9.37 Å². The third-order valence-electron chi connectivity index (χ3n) is 7.61. The fraction of sp³-hybridized carbons (Fsp3) is 0.250. The van der Waals surface area contributed by atoms with Crippen LogP contribution in [0.25, 0.3) is 51.5 Å². The molecule has 1 aliphatic carbocycles. The third-order valence-corrected chi connectivity index (χ3v) is 7.61. The first-order valence-electron chi connectivity index (χ1n) is 13.6. The van der Waals surface area contributed by atoms with Crippen molar-refractivity contribution in [1.82, 2.24) is 30.1 Å². The second-order valence-corrected chi connectivity index (χ2v) is 10.3. The van der Waals surface area contributed by atoms with Gasteiger partial charge in [0.25, 0.3) is 0 Å². The molecule has 5 aromatic rings. The molecule has 0 radical (unpaired) electrons. The first-order valence-corrected chi connectivity index (χ1v) is 13.6. The summed E-state index contributed by atoms with van der Waals surface area (Å²) in [5, 5.41) is 9.44. The second kappa shape index (κ2) is 10.8. The maximum absolute atomic E-state index is 14.6. The Morgan fingerprint density at radius 1 is 1.10 bits per heavy atom. The summed E-state index contributed by atoms with van der Waals surface area (Å²) in [6.45, 7) is 6.33. The minimum Gasteiger partial charge on any atom is -0.336 e. The average molecular weight is 519 g/mol. The number of pyridine rings is 2. The molecule has 0 aliphatic heterocycles. The lowest BCUT2D eigenvalue weighted by molar-refractivity contribution is 0.356. The molecule has 0 spiro atoms. The van der Waals surface area contributed by atoms with Crippen LogP contribution in [0.5, 0.6) is 0 Å². The standard InChI is InChI=1S/C32H31FN6/c1-3-27-25(15-20(2)23-17-22(18-34-19-23)16-21-9-5-4-6-10-21)30(39-38-27)32-36-28-13-14-35-29(31(28)37-32)24-11-7-8-12-26(24)33/h3,7-8,11-15,17-19,21,38H,2,4-6,9-10,16H2,1H3,(H,36,37)/b25-15+,27-3+. The molecule has 6 rings (SSSR count). The van der Waals surface area contributed by atoms with Crippen molar-refractivity contribution in [2.24, 2.45) is 5.92 Å². The molecule has 1 aliphatic rings. The van der Waals surface area contributed by atoms with E-state index in [1.54, 1.807) is 24.4 Å². The Morgan fingerprint density at radius 3 is 2.77 bits per heavy atom. The summed E-state index contributed by atoms with van der Waals surface area (Å²) in [4.78, 5) is 17.2. The van der Waals surface area contributed by atoms with E-state index < -0.39 is 0 Å². The van der Waals surface area contributed by atoms with E-state index in [0.29, 0.717) is 28.3 Å². The number of fused-ring (bicyclic) bond motifs is 1. The number of imidazole rings is 1. The normalized spacial score (nSPS) is 15.3. The number of rotatable bonds is 6. The number of H-pyrrole nitrogens is 2. The van der Waals surface area contributed by atoms with E-state index in [2.05, 4.69) is 37.8 Å². The Morgan fingerprint density at radius 2 is 1.95 bits per heavy atom. The Kier molecular flexibility index (Phi) is 6.88. The van der Waals surface area contributed by atoms with Crippen molar-refractivity contribution in [3.05, 3.63) is 89.1 Å². The third kappa shape index (κ3) is 5.04. The lowest BCUT2D eigenvalue weighted by atomic mass is 9.85. The van der Waals surface area contributed by atoms with E-state index in [0.717, 1.165) is 39.6 Å². The number of aromatic nitrogens is 6. The smallest absolute Gasteiger partial charge is 0.159 e. The van der Waals surface area contributed by atoms with Gasteiger partial charge >= 0.3 is 0 Å². The van der Waals surface area contributed by atoms with Gasteiger partial charge in [0.2, 0.25) is 0 Å². The van der Waals surface area contributed by atoms with E-state index in [1.165, 1.54) is 43.7 Å². The Labute approximate surface area is 226 Å². The van der Waals surface area contributed by atoms with Crippen molar-refractivity contribution >= 4 is 28.8 Å². The lowest BCUT2D eigenvalue weighted by Crippen LogP contribution is -2.23. The van der Waals surface area contributed by atoms with Gasteiger partial charge in [0, 0.05) is 29.4 Å². The van der Waals surface area contributed by atoms with Gasteiger partial charge in [-0.1, -0.05) is 56.9 Å². The lowest BCUT2D eigenvalue weighted by Gasteiger charge is -2.21. The average Bonchev–Trinajstić information content (AvgIpc) is 3.58. The fourth-order valence-corrected chi connectivity index (χ4v) is 5.57. The highest BCUT2D eigenvalue weighted by Gasteiger charge is 2.17. The number of nitrogens with zero attached hydrogens (tertiary/aromatic N) is 4. The highest BCUT2D eigenvalue weighted by atomic mass is 19.1. The Balaban J connectivity index is 1.38. The molecule has 0 saturated heterocycles. The monoisotopic (exact) mass is 518 g/mol. The molecule has 1 saturated carbocycles. The topological polar surface area (TPSA) is 83.1 Å². The van der Waals surface area contributed by atoms with Crippen molar-refractivity contribution in [1.29, 1.82) is 0 Å². The zero-order valence-electron chi connectivity index (χ0n) is 22.0. The van der Waals surface area contributed by atoms with Crippen molar-refractivity contribution in [3.63, 3.8) is 0 Å². The molecule has 0 atom stereocenters. The zero-order valence-corrected chi connectivity index (χ0v) is 22.0. The van der Waals surface area contributed by atoms with E-state index in [4.69, 9.17) is 4.98 Å². The molecular formula is C32H31FN6. The van der Waals surface area contributed by atoms with Crippen LogP contribution in [0, 0.1) is 11.7 Å². The maximum Gasteiger partial charge on any atom is 0.159 e. The molecule has 4 aromatic heterocycles. The molecule has 1 fully saturated rings. The summed E-state index contributed by atoms with van der Waals surface area (Å²) in [7, 11) is 0. The minimum absolute atomic E-state index is 0.339. The molecular weight excluding hydrogens is 487 g/mol. The van der Waals surface area contributed by atoms with Crippen molar-refractivity contribution < 1.29 is 4.39 Å². The molecule has 6 nitrogen and oxygen atoms in total. The SMILES string of the molecule is C=C(/C=c1/c(-c2nc3c(-c4ccccc4F)nccc3[nH]2)n[nH]/c1=C/C)c1cncc(CC2CCCCC2)c1. The van der Waals surface area contributed by atoms with Crippen molar-refractivity contribution in [2.45, 2.75) is 45.4 Å². The highest BCUT2D eigenvalue weighted by Crippen LogP contribution is 2.29. The molecule has 0 amide bonds. The van der Waals surface area contributed by atoms with E-state index in [1.807, 2.05) is 37.5 Å². The summed E-state index contributed by atoms with van der Waals surface area (Å²) in [6, 6.07) is 10.6. The summed E-state index contributed by atoms with van der Waals surface area (Å²) in [6.07, 6.45) is 17.2. The van der Waals surface area contributed by atoms with Crippen LogP contribution < -0.4 is 10.6 Å². The van der Waals surface area contributed by atoms with Gasteiger partial charge < -0.3 is 4.98 Å². The van der Waals surface area contributed by atoms with Gasteiger partial charge in [-0.15, -0.1) is 0 Å². The quantitative estimate of drug-likeness (QED) is 0.290. The number of benzene rings is 1. The first kappa shape index (κ1) is 24.9. The number of aromatic amines is 2. The predicted molar refractivity (Wildman–Crippen MR) is 154 cm³/mol. The van der Waals surface area contributed by atoms with Crippen LogP contribution in [0.15, 0.2) is 61.6 Å². The molecule has 0 bridgehead atoms. The van der Waals surface area contributed by atoms with Crippen LogP contribution in [0.3, 0.4) is 0 Å². The summed E-state index contributed by atoms with van der Waals surface area (Å²) < 4.78 is 14.6. The minimum atomic E-state index is -0.339. The summed E-state index contributed by atoms with van der Waals surface area (Å²) in [5.41, 5.74) is 6.00. The largest absolute Gasteiger partial charge is 0.336 e. The van der Waals surface area contributed by atoms with Crippen molar-refractivity contribution in [3.8, 4) is 22.8 Å². The van der Waals surface area contributed by atoms with Crippen molar-refractivity contribution in [2.75, 3.05) is 0 Å². The Hall–Kier alpha value is -4.39. The number of halogens is 1. The van der Waals surface area contributed by atoms with E-state index in [-0.39, 0.29) is 5.82 Å². The van der Waals surface area contributed by atoms with Gasteiger partial charge in [-0.2, -0.15) is 5.10 Å². The molecule has 2 N–H and O–H groups in total. The van der Waals surface area contributed by atoms with Crippen LogP contribution in [-0.4, -0.2) is 30.1 Å². The predicted octanol–water partition coefficient (Wildman–Crippen LogP) is 5.97. The van der Waals surface area contributed by atoms with Crippen LogP contribution in [-0.2, 0) is 6.42 Å². The van der Waals surface area contributed by atoms with Gasteiger partial charge in [-0.05, 0) is 66.3 Å². The van der Waals surface area contributed by atoms with Gasteiger partial charge in [-0.3, -0.25) is 15.1 Å². The number of hydrogen-bond acceptors (Lipinski definition) is 4. The highest BCUT2D eigenvalue weighted by molar-refractivity contribution is 5.92. The summed E-state index contributed by atoms with van der Waals surface area (Å²) in [5.74, 6) is 0.976.